The monoisotopic (exact) mass is 243 g/mol. The molecular weight excluding hydrogens is 218 g/mol. The Kier molecular flexibility index (Phi) is 6.47. The molecule has 1 unspecified atom stereocenters. The number of hydrogen-bond donors (Lipinski definition) is 2. The van der Waals surface area contributed by atoms with Gasteiger partial charge in [0, 0.05) is 26.2 Å². The van der Waals surface area contributed by atoms with Gasteiger partial charge in [0.25, 0.3) is 0 Å². The average molecular weight is 243 g/mol. The van der Waals surface area contributed by atoms with Crippen molar-refractivity contribution in [2.24, 2.45) is 11.7 Å². The lowest BCUT2D eigenvalue weighted by atomic mass is 10.0. The van der Waals surface area contributed by atoms with Crippen LogP contribution >= 0.6 is 0 Å². The zero-order valence-electron chi connectivity index (χ0n) is 10.9. The fourth-order valence-electron chi connectivity index (χ4n) is 1.91. The molecule has 0 aromatic heterocycles. The van der Waals surface area contributed by atoms with E-state index in [2.05, 4.69) is 24.1 Å². The van der Waals surface area contributed by atoms with Gasteiger partial charge in [-0.3, -0.25) is 9.69 Å². The third kappa shape index (κ3) is 6.00. The third-order valence-electron chi connectivity index (χ3n) is 2.89. The number of nitrogens with two attached hydrogens (primary N) is 1. The van der Waals surface area contributed by atoms with Crippen LogP contribution in [0.15, 0.2) is 0 Å². The second kappa shape index (κ2) is 7.63. The van der Waals surface area contributed by atoms with Crippen LogP contribution in [0.3, 0.4) is 0 Å². The molecule has 3 N–H and O–H groups in total. The minimum Gasteiger partial charge on any atom is -0.379 e. The summed E-state index contributed by atoms with van der Waals surface area (Å²) in [4.78, 5) is 13.9. The lowest BCUT2D eigenvalue weighted by Crippen LogP contribution is -2.45. The highest BCUT2D eigenvalue weighted by Crippen LogP contribution is 2.02. The van der Waals surface area contributed by atoms with Gasteiger partial charge in [0.1, 0.15) is 0 Å². The molecule has 1 amide bonds. The van der Waals surface area contributed by atoms with E-state index in [-0.39, 0.29) is 11.9 Å². The van der Waals surface area contributed by atoms with Crippen molar-refractivity contribution in [3.05, 3.63) is 0 Å². The predicted octanol–water partition coefficient (Wildman–Crippen LogP) is -0.192. The fourth-order valence-corrected chi connectivity index (χ4v) is 1.91. The van der Waals surface area contributed by atoms with Gasteiger partial charge in [-0.2, -0.15) is 0 Å². The van der Waals surface area contributed by atoms with Crippen LogP contribution < -0.4 is 11.1 Å². The third-order valence-corrected chi connectivity index (χ3v) is 2.89. The SMILES string of the molecule is CC(C)CC(N)C(=O)NCCN1CCOCC1. The molecule has 0 saturated carbocycles. The number of amides is 1. The maximum Gasteiger partial charge on any atom is 0.236 e. The molecular formula is C12H25N3O2. The van der Waals surface area contributed by atoms with E-state index < -0.39 is 0 Å². The minimum absolute atomic E-state index is 0.0352. The molecule has 1 atom stereocenters. The lowest BCUT2D eigenvalue weighted by Gasteiger charge is -2.26. The number of rotatable bonds is 6. The van der Waals surface area contributed by atoms with Crippen molar-refractivity contribution < 1.29 is 9.53 Å². The molecule has 5 nitrogen and oxygen atoms in total. The molecule has 100 valence electrons. The summed E-state index contributed by atoms with van der Waals surface area (Å²) in [6.45, 7) is 9.18. The molecule has 0 aromatic carbocycles. The minimum atomic E-state index is -0.375. The summed E-state index contributed by atoms with van der Waals surface area (Å²) in [5.41, 5.74) is 5.79. The molecule has 0 aromatic rings. The topological polar surface area (TPSA) is 67.6 Å². The molecule has 17 heavy (non-hydrogen) atoms. The van der Waals surface area contributed by atoms with E-state index in [0.29, 0.717) is 12.5 Å². The molecule has 0 spiro atoms. The molecule has 1 fully saturated rings. The number of ether oxygens (including phenoxy) is 1. The Bertz CT molecular complexity index is 228. The zero-order valence-corrected chi connectivity index (χ0v) is 10.9. The predicted molar refractivity (Wildman–Crippen MR) is 67.7 cm³/mol. The van der Waals surface area contributed by atoms with E-state index >= 15 is 0 Å². The van der Waals surface area contributed by atoms with Gasteiger partial charge in [-0.05, 0) is 12.3 Å². The normalized spacial score (nSPS) is 19.3. The van der Waals surface area contributed by atoms with Crippen molar-refractivity contribution in [2.75, 3.05) is 39.4 Å². The molecule has 0 radical (unpaired) electrons. The van der Waals surface area contributed by atoms with Gasteiger partial charge >= 0.3 is 0 Å². The van der Waals surface area contributed by atoms with Crippen molar-refractivity contribution >= 4 is 5.91 Å². The second-order valence-corrected chi connectivity index (χ2v) is 4.98. The Balaban J connectivity index is 2.10. The molecule has 0 bridgehead atoms. The Morgan fingerprint density at radius 2 is 2.06 bits per heavy atom. The number of hydrogen-bond acceptors (Lipinski definition) is 4. The van der Waals surface area contributed by atoms with E-state index in [0.717, 1.165) is 39.3 Å². The fraction of sp³-hybridized carbons (Fsp3) is 0.917. The summed E-state index contributed by atoms with van der Waals surface area (Å²) in [6.07, 6.45) is 0.739. The van der Waals surface area contributed by atoms with E-state index in [1.807, 2.05) is 0 Å². The van der Waals surface area contributed by atoms with Gasteiger partial charge in [0.05, 0.1) is 19.3 Å². The summed E-state index contributed by atoms with van der Waals surface area (Å²) in [5.74, 6) is 0.418. The number of morpholine rings is 1. The van der Waals surface area contributed by atoms with Gasteiger partial charge in [-0.25, -0.2) is 0 Å². The van der Waals surface area contributed by atoms with Crippen LogP contribution in [0.4, 0.5) is 0 Å². The van der Waals surface area contributed by atoms with Crippen LogP contribution in [0, 0.1) is 5.92 Å². The highest BCUT2D eigenvalue weighted by atomic mass is 16.5. The van der Waals surface area contributed by atoms with Crippen molar-refractivity contribution in [3.8, 4) is 0 Å². The summed E-state index contributed by atoms with van der Waals surface area (Å²) >= 11 is 0. The number of carbonyl (C=O) groups is 1. The smallest absolute Gasteiger partial charge is 0.236 e. The Morgan fingerprint density at radius 1 is 1.41 bits per heavy atom. The van der Waals surface area contributed by atoms with Crippen molar-refractivity contribution in [2.45, 2.75) is 26.3 Å². The number of nitrogens with one attached hydrogen (secondary N) is 1. The quantitative estimate of drug-likeness (QED) is 0.678. The first-order valence-corrected chi connectivity index (χ1v) is 6.43. The lowest BCUT2D eigenvalue weighted by molar-refractivity contribution is -0.122. The van der Waals surface area contributed by atoms with Crippen LogP contribution in [0.25, 0.3) is 0 Å². The second-order valence-electron chi connectivity index (χ2n) is 4.98. The van der Waals surface area contributed by atoms with E-state index in [1.54, 1.807) is 0 Å². The maximum absolute atomic E-state index is 11.6. The maximum atomic E-state index is 11.6. The molecule has 1 rings (SSSR count). The highest BCUT2D eigenvalue weighted by molar-refractivity contribution is 5.81. The largest absolute Gasteiger partial charge is 0.379 e. The van der Waals surface area contributed by atoms with Crippen LogP contribution in [0.1, 0.15) is 20.3 Å². The van der Waals surface area contributed by atoms with E-state index in [4.69, 9.17) is 10.5 Å². The van der Waals surface area contributed by atoms with Crippen LogP contribution in [0.2, 0.25) is 0 Å². The van der Waals surface area contributed by atoms with Gasteiger partial charge in [-0.1, -0.05) is 13.8 Å². The zero-order chi connectivity index (χ0) is 12.7. The molecule has 1 heterocycles. The summed E-state index contributed by atoms with van der Waals surface area (Å²) < 4.78 is 5.26. The average Bonchev–Trinajstić information content (AvgIpc) is 2.29. The first kappa shape index (κ1) is 14.4. The van der Waals surface area contributed by atoms with Crippen LogP contribution in [0.5, 0.6) is 0 Å². The van der Waals surface area contributed by atoms with Crippen LogP contribution in [-0.4, -0.2) is 56.2 Å². The highest BCUT2D eigenvalue weighted by Gasteiger charge is 2.15. The van der Waals surface area contributed by atoms with Crippen molar-refractivity contribution in [1.82, 2.24) is 10.2 Å². The summed E-state index contributed by atoms with van der Waals surface area (Å²) in [6, 6.07) is -0.375. The number of carbonyl (C=O) groups excluding carboxylic acids is 1. The molecule has 1 aliphatic rings. The van der Waals surface area contributed by atoms with Gasteiger partial charge in [-0.15, -0.1) is 0 Å². The Morgan fingerprint density at radius 3 is 2.65 bits per heavy atom. The molecule has 0 aliphatic carbocycles. The van der Waals surface area contributed by atoms with Gasteiger partial charge in [0.2, 0.25) is 5.91 Å². The standard InChI is InChI=1S/C12H25N3O2/c1-10(2)9-11(13)12(16)14-3-4-15-5-7-17-8-6-15/h10-11H,3-9,13H2,1-2H3,(H,14,16). The Hall–Kier alpha value is -0.650. The summed E-state index contributed by atoms with van der Waals surface area (Å²) in [7, 11) is 0. The van der Waals surface area contributed by atoms with Gasteiger partial charge < -0.3 is 15.8 Å². The molecule has 5 heteroatoms. The molecule has 1 saturated heterocycles. The number of nitrogens with zero attached hydrogens (tertiary/aromatic N) is 1. The van der Waals surface area contributed by atoms with Gasteiger partial charge in [0.15, 0.2) is 0 Å². The Labute approximate surface area is 104 Å². The van der Waals surface area contributed by atoms with E-state index in [1.165, 1.54) is 0 Å². The van der Waals surface area contributed by atoms with Crippen molar-refractivity contribution in [3.63, 3.8) is 0 Å². The van der Waals surface area contributed by atoms with Crippen LogP contribution in [-0.2, 0) is 9.53 Å². The molecule has 1 aliphatic heterocycles. The first-order chi connectivity index (χ1) is 8.09. The first-order valence-electron chi connectivity index (χ1n) is 6.43. The summed E-state index contributed by atoms with van der Waals surface area (Å²) in [5, 5.41) is 2.89. The van der Waals surface area contributed by atoms with Crippen molar-refractivity contribution in [1.29, 1.82) is 0 Å². The van der Waals surface area contributed by atoms with E-state index in [9.17, 15) is 4.79 Å².